The smallest absolute Gasteiger partial charge is 0.249 e. The molecule has 1 N–H and O–H groups in total. The zero-order valence-corrected chi connectivity index (χ0v) is 15.4. The zero-order valence-electron chi connectivity index (χ0n) is 14.7. The average molecular weight is 400 g/mol. The summed E-state index contributed by atoms with van der Waals surface area (Å²) in [6, 6.07) is 15.7. The van der Waals surface area contributed by atoms with E-state index < -0.39 is 0 Å². The van der Waals surface area contributed by atoms with Crippen LogP contribution in [0.5, 0.6) is 0 Å². The standard InChI is InChI=1S/C21H10ClN5O2/c22-14-7-13(8-16-20(14)24-10-29-16)19-18(12-3-1-2-11(6-12)9-23)27-21-15(25-19)4-5-17(28)26-21/h1-8,10H,(H,26,27,28). The molecule has 5 rings (SSSR count). The first-order valence-corrected chi connectivity index (χ1v) is 8.95. The molecule has 0 aliphatic heterocycles. The summed E-state index contributed by atoms with van der Waals surface area (Å²) in [5, 5.41) is 9.69. The van der Waals surface area contributed by atoms with Crippen molar-refractivity contribution in [2.45, 2.75) is 0 Å². The van der Waals surface area contributed by atoms with Crippen LogP contribution in [0.1, 0.15) is 5.56 Å². The van der Waals surface area contributed by atoms with Crippen LogP contribution in [0.3, 0.4) is 0 Å². The van der Waals surface area contributed by atoms with E-state index in [1.165, 1.54) is 12.5 Å². The van der Waals surface area contributed by atoms with Gasteiger partial charge in [0.2, 0.25) is 5.56 Å². The predicted octanol–water partition coefficient (Wildman–Crippen LogP) is 4.32. The molecule has 5 aromatic rings. The van der Waals surface area contributed by atoms with E-state index in [9.17, 15) is 10.1 Å². The number of aromatic nitrogens is 4. The molecule has 3 aromatic heterocycles. The third-order valence-corrected chi connectivity index (χ3v) is 4.77. The van der Waals surface area contributed by atoms with Crippen LogP contribution in [0.15, 0.2) is 64.1 Å². The Kier molecular flexibility index (Phi) is 3.86. The van der Waals surface area contributed by atoms with E-state index in [0.717, 1.165) is 0 Å². The van der Waals surface area contributed by atoms with Gasteiger partial charge >= 0.3 is 0 Å². The van der Waals surface area contributed by atoms with Crippen LogP contribution < -0.4 is 5.56 Å². The Morgan fingerprint density at radius 2 is 1.90 bits per heavy atom. The van der Waals surface area contributed by atoms with Crippen molar-refractivity contribution >= 4 is 33.9 Å². The second kappa shape index (κ2) is 6.55. The van der Waals surface area contributed by atoms with Crippen molar-refractivity contribution < 1.29 is 4.42 Å². The average Bonchev–Trinajstić information content (AvgIpc) is 3.22. The minimum Gasteiger partial charge on any atom is -0.443 e. The second-order valence-electron chi connectivity index (χ2n) is 6.33. The molecule has 8 heteroatoms. The molecule has 0 amide bonds. The third-order valence-electron chi connectivity index (χ3n) is 4.49. The summed E-state index contributed by atoms with van der Waals surface area (Å²) in [5.74, 6) is 0. The van der Waals surface area contributed by atoms with Crippen LogP contribution in [0.2, 0.25) is 5.02 Å². The highest BCUT2D eigenvalue weighted by molar-refractivity contribution is 6.35. The normalized spacial score (nSPS) is 11.0. The maximum Gasteiger partial charge on any atom is 0.249 e. The van der Waals surface area contributed by atoms with Crippen LogP contribution in [-0.4, -0.2) is 19.9 Å². The fourth-order valence-electron chi connectivity index (χ4n) is 3.17. The lowest BCUT2D eigenvalue weighted by Gasteiger charge is -2.11. The highest BCUT2D eigenvalue weighted by Gasteiger charge is 2.17. The quantitative estimate of drug-likeness (QED) is 0.473. The van der Waals surface area contributed by atoms with Crippen molar-refractivity contribution in [3.63, 3.8) is 0 Å². The maximum absolute atomic E-state index is 11.7. The lowest BCUT2D eigenvalue weighted by Crippen LogP contribution is -2.06. The van der Waals surface area contributed by atoms with Crippen molar-refractivity contribution in [1.29, 1.82) is 5.26 Å². The predicted molar refractivity (Wildman–Crippen MR) is 108 cm³/mol. The van der Waals surface area contributed by atoms with Crippen LogP contribution in [0.25, 0.3) is 44.8 Å². The molecule has 0 aliphatic carbocycles. The number of H-pyrrole nitrogens is 1. The molecular formula is C21H10ClN5O2. The first-order valence-electron chi connectivity index (χ1n) is 8.57. The number of benzene rings is 2. The molecule has 2 aromatic carbocycles. The fraction of sp³-hybridized carbons (Fsp3) is 0. The molecular weight excluding hydrogens is 390 g/mol. The number of fused-ring (bicyclic) bond motifs is 2. The summed E-state index contributed by atoms with van der Waals surface area (Å²) in [6.45, 7) is 0. The van der Waals surface area contributed by atoms with Gasteiger partial charge in [0, 0.05) is 17.2 Å². The van der Waals surface area contributed by atoms with Gasteiger partial charge in [0.15, 0.2) is 17.6 Å². The molecule has 0 spiro atoms. The third kappa shape index (κ3) is 2.92. The van der Waals surface area contributed by atoms with Gasteiger partial charge in [0.05, 0.1) is 28.0 Å². The molecule has 0 aliphatic rings. The van der Waals surface area contributed by atoms with Crippen molar-refractivity contribution in [2.24, 2.45) is 0 Å². The number of nitrogens with one attached hydrogen (secondary N) is 1. The van der Waals surface area contributed by atoms with E-state index in [2.05, 4.69) is 21.0 Å². The van der Waals surface area contributed by atoms with Crippen molar-refractivity contribution in [2.75, 3.05) is 0 Å². The Morgan fingerprint density at radius 1 is 1.03 bits per heavy atom. The van der Waals surface area contributed by atoms with E-state index in [0.29, 0.717) is 55.4 Å². The molecule has 0 unspecified atom stereocenters. The van der Waals surface area contributed by atoms with E-state index in [-0.39, 0.29) is 5.56 Å². The summed E-state index contributed by atoms with van der Waals surface area (Å²) in [5.41, 5.74) is 4.58. The van der Waals surface area contributed by atoms with Crippen molar-refractivity contribution in [3.05, 3.63) is 75.9 Å². The summed E-state index contributed by atoms with van der Waals surface area (Å²) in [4.78, 5) is 27.9. The van der Waals surface area contributed by atoms with Crippen LogP contribution >= 0.6 is 11.6 Å². The Labute approximate surface area is 168 Å². The first-order chi connectivity index (χ1) is 14.1. The number of nitrogens with zero attached hydrogens (tertiary/aromatic N) is 4. The molecule has 3 heterocycles. The lowest BCUT2D eigenvalue weighted by molar-refractivity contribution is 0.602. The minimum atomic E-state index is -0.276. The molecule has 0 atom stereocenters. The van der Waals surface area contributed by atoms with Gasteiger partial charge < -0.3 is 9.40 Å². The molecule has 0 bridgehead atoms. The number of rotatable bonds is 2. The Balaban J connectivity index is 1.85. The van der Waals surface area contributed by atoms with Gasteiger partial charge in [-0.3, -0.25) is 4.79 Å². The van der Waals surface area contributed by atoms with E-state index in [1.54, 1.807) is 36.4 Å². The summed E-state index contributed by atoms with van der Waals surface area (Å²) in [6.07, 6.45) is 1.33. The van der Waals surface area contributed by atoms with Crippen molar-refractivity contribution in [1.82, 2.24) is 19.9 Å². The number of hydrogen-bond donors (Lipinski definition) is 1. The molecule has 0 fully saturated rings. The zero-order chi connectivity index (χ0) is 20.0. The Hall–Kier alpha value is -4.02. The number of pyridine rings is 1. The molecule has 29 heavy (non-hydrogen) atoms. The summed E-state index contributed by atoms with van der Waals surface area (Å²) < 4.78 is 5.41. The highest BCUT2D eigenvalue weighted by atomic mass is 35.5. The van der Waals surface area contributed by atoms with Crippen molar-refractivity contribution in [3.8, 4) is 28.6 Å². The topological polar surface area (TPSA) is 108 Å². The van der Waals surface area contributed by atoms with Gasteiger partial charge in [-0.2, -0.15) is 5.26 Å². The van der Waals surface area contributed by atoms with Crippen LogP contribution in [0.4, 0.5) is 0 Å². The largest absolute Gasteiger partial charge is 0.443 e. The number of oxazole rings is 1. The van der Waals surface area contributed by atoms with E-state index in [4.69, 9.17) is 21.0 Å². The number of halogens is 1. The van der Waals surface area contributed by atoms with Gasteiger partial charge in [0.25, 0.3) is 0 Å². The van der Waals surface area contributed by atoms with E-state index in [1.807, 2.05) is 6.07 Å². The Bertz CT molecular complexity index is 1510. The van der Waals surface area contributed by atoms with Crippen LogP contribution in [-0.2, 0) is 0 Å². The number of aromatic amines is 1. The van der Waals surface area contributed by atoms with Gasteiger partial charge in [-0.05, 0) is 30.3 Å². The molecule has 0 saturated heterocycles. The molecule has 7 nitrogen and oxygen atoms in total. The Morgan fingerprint density at radius 3 is 2.76 bits per heavy atom. The second-order valence-corrected chi connectivity index (χ2v) is 6.73. The number of nitriles is 1. The molecule has 0 radical (unpaired) electrons. The van der Waals surface area contributed by atoms with Gasteiger partial charge in [-0.1, -0.05) is 23.7 Å². The fourth-order valence-corrected chi connectivity index (χ4v) is 3.43. The summed E-state index contributed by atoms with van der Waals surface area (Å²) in [7, 11) is 0. The van der Waals surface area contributed by atoms with Gasteiger partial charge in [-0.15, -0.1) is 0 Å². The van der Waals surface area contributed by atoms with Gasteiger partial charge in [0.1, 0.15) is 11.0 Å². The summed E-state index contributed by atoms with van der Waals surface area (Å²) >= 11 is 6.38. The van der Waals surface area contributed by atoms with Gasteiger partial charge in [-0.25, -0.2) is 15.0 Å². The monoisotopic (exact) mass is 399 g/mol. The molecule has 0 saturated carbocycles. The number of hydrogen-bond acceptors (Lipinski definition) is 6. The van der Waals surface area contributed by atoms with Crippen LogP contribution in [0, 0.1) is 11.3 Å². The maximum atomic E-state index is 11.7. The first kappa shape index (κ1) is 17.1. The molecule has 138 valence electrons. The van der Waals surface area contributed by atoms with E-state index >= 15 is 0 Å². The lowest BCUT2D eigenvalue weighted by atomic mass is 10.0. The minimum absolute atomic E-state index is 0.276. The SMILES string of the molecule is N#Cc1cccc(-c2nc3[nH]c(=O)ccc3nc2-c2cc(Cl)c3ncoc3c2)c1. The highest BCUT2D eigenvalue weighted by Crippen LogP contribution is 2.35.